The second-order valence-electron chi connectivity index (χ2n) is 2.83. The molecule has 6 heteroatoms. The smallest absolute Gasteiger partial charge is 0.288 e. The lowest BCUT2D eigenvalue weighted by molar-refractivity contribution is 0.0990. The first-order chi connectivity index (χ1) is 7.27. The van der Waals surface area contributed by atoms with E-state index in [1.54, 1.807) is 12.4 Å². The van der Waals surface area contributed by atoms with Gasteiger partial charge in [-0.05, 0) is 12.2 Å². The van der Waals surface area contributed by atoms with Gasteiger partial charge in [-0.1, -0.05) is 6.08 Å². The van der Waals surface area contributed by atoms with Crippen LogP contribution in [0.2, 0.25) is 0 Å². The molecule has 1 aromatic heterocycles. The number of hydrogen-bond acceptors (Lipinski definition) is 4. The normalized spacial score (nSPS) is 14.3. The highest BCUT2D eigenvalue weighted by molar-refractivity contribution is 5.88. The van der Waals surface area contributed by atoms with Gasteiger partial charge in [-0.25, -0.2) is 9.67 Å². The Morgan fingerprint density at radius 1 is 1.47 bits per heavy atom. The van der Waals surface area contributed by atoms with E-state index in [-0.39, 0.29) is 5.82 Å². The fourth-order valence-electron chi connectivity index (χ4n) is 1.09. The molecule has 1 aromatic rings. The molecule has 0 fully saturated rings. The number of carbonyl (C=O) groups is 1. The minimum Gasteiger partial charge on any atom is -0.366 e. The first-order valence-corrected chi connectivity index (χ1v) is 4.28. The molecule has 1 amide bonds. The summed E-state index contributed by atoms with van der Waals surface area (Å²) in [7, 11) is 0. The molecule has 0 aromatic carbocycles. The summed E-state index contributed by atoms with van der Waals surface area (Å²) in [4.78, 5) is 14.6. The fraction of sp³-hybridized carbons (Fsp3) is 0. The van der Waals surface area contributed by atoms with Gasteiger partial charge >= 0.3 is 0 Å². The third-order valence-electron chi connectivity index (χ3n) is 1.78. The van der Waals surface area contributed by atoms with Gasteiger partial charge in [-0.3, -0.25) is 4.79 Å². The number of nitrogens with two attached hydrogens (primary N) is 1. The van der Waals surface area contributed by atoms with Crippen LogP contribution in [0.3, 0.4) is 0 Å². The van der Waals surface area contributed by atoms with Crippen LogP contribution in [0.15, 0.2) is 37.0 Å². The fourth-order valence-corrected chi connectivity index (χ4v) is 1.09. The second-order valence-corrected chi connectivity index (χ2v) is 2.83. The third kappa shape index (κ3) is 1.93. The monoisotopic (exact) mass is 203 g/mol. The Labute approximate surface area is 85.8 Å². The van der Waals surface area contributed by atoms with Gasteiger partial charge < -0.3 is 11.1 Å². The standard InChI is InChI=1S/C9H9N5O/c10-8(15)9-12-6-14(13-9)7-3-1-2-4-11-5-7/h1-6,11H,(H2,10,15). The van der Waals surface area contributed by atoms with E-state index in [2.05, 4.69) is 15.4 Å². The molecule has 3 N–H and O–H groups in total. The summed E-state index contributed by atoms with van der Waals surface area (Å²) in [6, 6.07) is 0. The number of carbonyl (C=O) groups excluding carboxylic acids is 1. The number of rotatable bonds is 2. The van der Waals surface area contributed by atoms with Gasteiger partial charge in [0.2, 0.25) is 5.82 Å². The first kappa shape index (κ1) is 9.20. The van der Waals surface area contributed by atoms with E-state index >= 15 is 0 Å². The molecule has 0 spiro atoms. The van der Waals surface area contributed by atoms with E-state index < -0.39 is 5.91 Å². The Morgan fingerprint density at radius 3 is 3.07 bits per heavy atom. The van der Waals surface area contributed by atoms with E-state index in [1.165, 1.54) is 11.0 Å². The van der Waals surface area contributed by atoms with Crippen molar-refractivity contribution in [3.63, 3.8) is 0 Å². The van der Waals surface area contributed by atoms with Crippen LogP contribution in [0.25, 0.3) is 5.70 Å². The number of allylic oxidation sites excluding steroid dienone is 4. The minimum atomic E-state index is -0.641. The van der Waals surface area contributed by atoms with Crippen LogP contribution in [-0.4, -0.2) is 20.7 Å². The van der Waals surface area contributed by atoms with E-state index in [0.29, 0.717) is 0 Å². The van der Waals surface area contributed by atoms with Crippen LogP contribution in [0, 0.1) is 0 Å². The number of amides is 1. The summed E-state index contributed by atoms with van der Waals surface area (Å²) < 4.78 is 1.47. The van der Waals surface area contributed by atoms with Crippen LogP contribution in [0.1, 0.15) is 10.6 Å². The van der Waals surface area contributed by atoms with Crippen molar-refractivity contribution in [2.24, 2.45) is 5.73 Å². The van der Waals surface area contributed by atoms with E-state index in [0.717, 1.165) is 5.70 Å². The van der Waals surface area contributed by atoms with Crippen molar-refractivity contribution in [2.45, 2.75) is 0 Å². The minimum absolute atomic E-state index is 0.00139. The predicted molar refractivity (Wildman–Crippen MR) is 54.2 cm³/mol. The highest BCUT2D eigenvalue weighted by Crippen LogP contribution is 2.05. The molecule has 1 aliphatic heterocycles. The van der Waals surface area contributed by atoms with Crippen LogP contribution in [-0.2, 0) is 0 Å². The zero-order chi connectivity index (χ0) is 10.7. The Bertz CT molecular complexity index is 469. The molecule has 2 rings (SSSR count). The largest absolute Gasteiger partial charge is 0.366 e. The molecule has 76 valence electrons. The maximum atomic E-state index is 10.8. The lowest BCUT2D eigenvalue weighted by atomic mass is 10.4. The second kappa shape index (κ2) is 3.79. The van der Waals surface area contributed by atoms with E-state index in [9.17, 15) is 4.79 Å². The van der Waals surface area contributed by atoms with Crippen LogP contribution in [0.5, 0.6) is 0 Å². The number of nitrogens with one attached hydrogen (secondary N) is 1. The Morgan fingerprint density at radius 2 is 2.33 bits per heavy atom. The number of aromatic nitrogens is 3. The van der Waals surface area contributed by atoms with Crippen molar-refractivity contribution in [3.05, 3.63) is 42.8 Å². The van der Waals surface area contributed by atoms with Crippen molar-refractivity contribution >= 4 is 11.6 Å². The molecule has 0 aliphatic carbocycles. The van der Waals surface area contributed by atoms with Crippen molar-refractivity contribution < 1.29 is 4.79 Å². The van der Waals surface area contributed by atoms with Gasteiger partial charge in [0.25, 0.3) is 5.91 Å². The zero-order valence-corrected chi connectivity index (χ0v) is 7.79. The quantitative estimate of drug-likeness (QED) is 0.699. The van der Waals surface area contributed by atoms with Gasteiger partial charge in [-0.15, -0.1) is 5.10 Å². The van der Waals surface area contributed by atoms with Crippen molar-refractivity contribution in [1.82, 2.24) is 20.1 Å². The average Bonchev–Trinajstić information content (AvgIpc) is 2.55. The molecular formula is C9H9N5O. The van der Waals surface area contributed by atoms with Crippen molar-refractivity contribution in [2.75, 3.05) is 0 Å². The molecule has 0 saturated heterocycles. The van der Waals surface area contributed by atoms with Crippen LogP contribution >= 0.6 is 0 Å². The number of primary amides is 1. The van der Waals surface area contributed by atoms with E-state index in [1.807, 2.05) is 18.2 Å². The maximum Gasteiger partial charge on any atom is 0.288 e. The van der Waals surface area contributed by atoms with Gasteiger partial charge in [0.05, 0.1) is 5.70 Å². The summed E-state index contributed by atoms with van der Waals surface area (Å²) in [5.74, 6) is -0.639. The third-order valence-corrected chi connectivity index (χ3v) is 1.78. The predicted octanol–water partition coefficient (Wildman–Crippen LogP) is -0.152. The molecule has 6 nitrogen and oxygen atoms in total. The maximum absolute atomic E-state index is 10.8. The number of nitrogens with zero attached hydrogens (tertiary/aromatic N) is 3. The molecule has 0 unspecified atom stereocenters. The average molecular weight is 203 g/mol. The summed E-state index contributed by atoms with van der Waals surface area (Å²) in [6.45, 7) is 0. The highest BCUT2D eigenvalue weighted by Gasteiger charge is 2.07. The van der Waals surface area contributed by atoms with Crippen LogP contribution in [0.4, 0.5) is 0 Å². The Hall–Kier alpha value is -2.37. The number of hydrogen-bond donors (Lipinski definition) is 2. The molecule has 0 radical (unpaired) electrons. The zero-order valence-electron chi connectivity index (χ0n) is 7.79. The van der Waals surface area contributed by atoms with Crippen LogP contribution < -0.4 is 11.1 Å². The molecular weight excluding hydrogens is 194 g/mol. The van der Waals surface area contributed by atoms with Gasteiger partial charge in [0, 0.05) is 12.4 Å². The summed E-state index contributed by atoms with van der Waals surface area (Å²) in [5, 5.41) is 6.84. The molecule has 0 saturated carbocycles. The Kier molecular flexibility index (Phi) is 2.32. The molecule has 1 aliphatic rings. The van der Waals surface area contributed by atoms with Crippen molar-refractivity contribution in [3.8, 4) is 0 Å². The van der Waals surface area contributed by atoms with Gasteiger partial charge in [-0.2, -0.15) is 0 Å². The van der Waals surface area contributed by atoms with Gasteiger partial charge in [0.15, 0.2) is 0 Å². The van der Waals surface area contributed by atoms with Gasteiger partial charge in [0.1, 0.15) is 6.33 Å². The Balaban J connectivity index is 2.29. The molecule has 0 atom stereocenters. The van der Waals surface area contributed by atoms with E-state index in [4.69, 9.17) is 5.73 Å². The summed E-state index contributed by atoms with van der Waals surface area (Å²) in [5.41, 5.74) is 5.81. The molecule has 2 heterocycles. The lowest BCUT2D eigenvalue weighted by Crippen LogP contribution is -2.13. The summed E-state index contributed by atoms with van der Waals surface area (Å²) in [6.07, 6.45) is 10.5. The SMILES string of the molecule is NC(=O)c1ncn(C2=CNC=CC=C2)n1. The first-order valence-electron chi connectivity index (χ1n) is 4.28. The van der Waals surface area contributed by atoms with Crippen molar-refractivity contribution in [1.29, 1.82) is 0 Å². The molecule has 0 bridgehead atoms. The lowest BCUT2D eigenvalue weighted by Gasteiger charge is -1.99. The molecule has 15 heavy (non-hydrogen) atoms. The topological polar surface area (TPSA) is 85.8 Å². The summed E-state index contributed by atoms with van der Waals surface area (Å²) >= 11 is 0. The highest BCUT2D eigenvalue weighted by atomic mass is 16.1.